The minimum atomic E-state index is -0.703. The fraction of sp³-hybridized carbons (Fsp3) is 0.333. The number of rotatable bonds is 6. The van der Waals surface area contributed by atoms with Crippen molar-refractivity contribution in [3.8, 4) is 5.75 Å². The molecule has 2 heterocycles. The number of Topliss-reactive ketones (excluding diaryl/α,β-unsaturated/α-hetero) is 1. The number of hydrogen-bond donors (Lipinski definition) is 1. The lowest BCUT2D eigenvalue weighted by molar-refractivity contribution is -0.140. The highest BCUT2D eigenvalue weighted by molar-refractivity contribution is 6.46. The first-order chi connectivity index (χ1) is 15.5. The summed E-state index contributed by atoms with van der Waals surface area (Å²) in [5.74, 6) is -1.12. The van der Waals surface area contributed by atoms with Crippen LogP contribution in [0.4, 0.5) is 0 Å². The van der Waals surface area contributed by atoms with E-state index in [1.165, 1.54) is 13.2 Å². The number of benzene rings is 2. The minimum absolute atomic E-state index is 0.0596. The summed E-state index contributed by atoms with van der Waals surface area (Å²) in [7, 11) is 1.50. The SMILES string of the molecule is COc1ccc(C(O)=C2C(=O)C(=O)N(CCN3CCOCC3)[C@H]2c2ccccc2)cc1Cl. The van der Waals surface area contributed by atoms with Gasteiger partial charge >= 0.3 is 0 Å². The van der Waals surface area contributed by atoms with Gasteiger partial charge in [-0.15, -0.1) is 0 Å². The monoisotopic (exact) mass is 456 g/mol. The molecule has 0 spiro atoms. The molecule has 0 aliphatic carbocycles. The molecule has 0 bridgehead atoms. The van der Waals surface area contributed by atoms with Crippen LogP contribution in [0.5, 0.6) is 5.75 Å². The molecule has 2 aromatic rings. The van der Waals surface area contributed by atoms with E-state index in [9.17, 15) is 14.7 Å². The number of aliphatic hydroxyl groups is 1. The quantitative estimate of drug-likeness (QED) is 0.409. The van der Waals surface area contributed by atoms with Crippen molar-refractivity contribution in [2.24, 2.45) is 0 Å². The Kier molecular flexibility index (Phi) is 6.79. The van der Waals surface area contributed by atoms with E-state index in [0.29, 0.717) is 42.6 Å². The molecule has 168 valence electrons. The lowest BCUT2D eigenvalue weighted by Gasteiger charge is -2.31. The van der Waals surface area contributed by atoms with Crippen LogP contribution in [0.15, 0.2) is 54.1 Å². The number of halogens is 1. The molecular weight excluding hydrogens is 432 g/mol. The molecule has 2 aromatic carbocycles. The van der Waals surface area contributed by atoms with Crippen LogP contribution >= 0.6 is 11.6 Å². The highest BCUT2D eigenvalue weighted by atomic mass is 35.5. The Morgan fingerprint density at radius 2 is 1.84 bits per heavy atom. The third-order valence-electron chi connectivity index (χ3n) is 5.84. The molecular formula is C24H25ClN2O5. The van der Waals surface area contributed by atoms with Crippen LogP contribution in [-0.4, -0.2) is 73.1 Å². The number of methoxy groups -OCH3 is 1. The van der Waals surface area contributed by atoms with Crippen molar-refractivity contribution in [2.75, 3.05) is 46.5 Å². The average Bonchev–Trinajstić information content (AvgIpc) is 3.08. The standard InChI is InChI=1S/C24H25ClN2O5/c1-31-19-8-7-17(15-18(19)25)22(28)20-21(16-5-3-2-4-6-16)27(24(30)23(20)29)10-9-26-11-13-32-14-12-26/h2-8,15,21,28H,9-14H2,1H3/t21-/m0/s1. The third kappa shape index (κ3) is 4.37. The van der Waals surface area contributed by atoms with Crippen molar-refractivity contribution in [3.05, 3.63) is 70.3 Å². The molecule has 32 heavy (non-hydrogen) atoms. The van der Waals surface area contributed by atoms with Gasteiger partial charge in [0.05, 0.1) is 37.0 Å². The van der Waals surface area contributed by atoms with Crippen LogP contribution in [0.25, 0.3) is 5.76 Å². The Morgan fingerprint density at radius 3 is 2.50 bits per heavy atom. The Morgan fingerprint density at radius 1 is 1.12 bits per heavy atom. The number of ketones is 1. The molecule has 2 aliphatic heterocycles. The molecule has 0 saturated carbocycles. The van der Waals surface area contributed by atoms with Gasteiger partial charge in [0.2, 0.25) is 0 Å². The minimum Gasteiger partial charge on any atom is -0.507 e. The van der Waals surface area contributed by atoms with Gasteiger partial charge in [0, 0.05) is 31.7 Å². The van der Waals surface area contributed by atoms with Crippen LogP contribution in [-0.2, 0) is 14.3 Å². The molecule has 2 saturated heterocycles. The van der Waals surface area contributed by atoms with Gasteiger partial charge in [0.15, 0.2) is 0 Å². The van der Waals surface area contributed by atoms with E-state index in [0.717, 1.165) is 18.7 Å². The summed E-state index contributed by atoms with van der Waals surface area (Å²) in [5.41, 5.74) is 1.17. The molecule has 0 aromatic heterocycles. The van der Waals surface area contributed by atoms with E-state index in [4.69, 9.17) is 21.1 Å². The number of aliphatic hydroxyl groups excluding tert-OH is 1. The van der Waals surface area contributed by atoms with Gasteiger partial charge in [-0.2, -0.15) is 0 Å². The van der Waals surface area contributed by atoms with Crippen molar-refractivity contribution in [1.82, 2.24) is 9.80 Å². The lowest BCUT2D eigenvalue weighted by atomic mass is 9.95. The van der Waals surface area contributed by atoms with E-state index < -0.39 is 17.7 Å². The summed E-state index contributed by atoms with van der Waals surface area (Å²) in [6.07, 6.45) is 0. The van der Waals surface area contributed by atoms with Crippen LogP contribution in [0.1, 0.15) is 17.2 Å². The zero-order valence-electron chi connectivity index (χ0n) is 17.8. The fourth-order valence-electron chi connectivity index (χ4n) is 4.14. The maximum Gasteiger partial charge on any atom is 0.295 e. The number of amides is 1. The predicted octanol–water partition coefficient (Wildman–Crippen LogP) is 3.10. The second-order valence-corrected chi connectivity index (χ2v) is 8.11. The van der Waals surface area contributed by atoms with Gasteiger partial charge in [-0.1, -0.05) is 41.9 Å². The molecule has 2 aliphatic rings. The van der Waals surface area contributed by atoms with Crippen LogP contribution in [0, 0.1) is 0 Å². The number of hydrogen-bond acceptors (Lipinski definition) is 6. The van der Waals surface area contributed by atoms with E-state index in [2.05, 4.69) is 4.90 Å². The second-order valence-electron chi connectivity index (χ2n) is 7.71. The molecule has 2 fully saturated rings. The van der Waals surface area contributed by atoms with Gasteiger partial charge in [0.1, 0.15) is 11.5 Å². The summed E-state index contributed by atoms with van der Waals surface area (Å²) < 4.78 is 10.6. The molecule has 0 unspecified atom stereocenters. The van der Waals surface area contributed by atoms with Gasteiger partial charge < -0.3 is 19.5 Å². The van der Waals surface area contributed by atoms with E-state index >= 15 is 0 Å². The largest absolute Gasteiger partial charge is 0.507 e. The van der Waals surface area contributed by atoms with Crippen molar-refractivity contribution >= 4 is 29.1 Å². The van der Waals surface area contributed by atoms with Crippen molar-refractivity contribution in [1.29, 1.82) is 0 Å². The Labute approximate surface area is 191 Å². The second kappa shape index (κ2) is 9.73. The first-order valence-electron chi connectivity index (χ1n) is 10.5. The van der Waals surface area contributed by atoms with Crippen molar-refractivity contribution in [3.63, 3.8) is 0 Å². The Bertz CT molecular complexity index is 1030. The summed E-state index contributed by atoms with van der Waals surface area (Å²) in [5, 5.41) is 11.4. The molecule has 1 amide bonds. The molecule has 1 atom stereocenters. The zero-order chi connectivity index (χ0) is 22.7. The summed E-state index contributed by atoms with van der Waals surface area (Å²) in [4.78, 5) is 29.8. The third-order valence-corrected chi connectivity index (χ3v) is 6.14. The number of likely N-dealkylation sites (tertiary alicyclic amines) is 1. The highest BCUT2D eigenvalue weighted by Gasteiger charge is 2.46. The van der Waals surface area contributed by atoms with Gasteiger partial charge in [-0.25, -0.2) is 0 Å². The summed E-state index contributed by atoms with van der Waals surface area (Å²) in [6, 6.07) is 13.3. The highest BCUT2D eigenvalue weighted by Crippen LogP contribution is 2.40. The Hall–Kier alpha value is -2.87. The number of carbonyl (C=O) groups excluding carboxylic acids is 2. The van der Waals surface area contributed by atoms with Crippen LogP contribution < -0.4 is 4.74 Å². The number of ether oxygens (including phenoxy) is 2. The normalized spacial score (nSPS) is 21.2. The van der Waals surface area contributed by atoms with Gasteiger partial charge in [-0.05, 0) is 23.8 Å². The fourth-order valence-corrected chi connectivity index (χ4v) is 4.39. The predicted molar refractivity (Wildman–Crippen MR) is 121 cm³/mol. The summed E-state index contributed by atoms with van der Waals surface area (Å²) in [6.45, 7) is 3.85. The molecule has 7 nitrogen and oxygen atoms in total. The van der Waals surface area contributed by atoms with Crippen LogP contribution in [0.3, 0.4) is 0 Å². The molecule has 0 radical (unpaired) electrons. The van der Waals surface area contributed by atoms with Crippen LogP contribution in [0.2, 0.25) is 5.02 Å². The topological polar surface area (TPSA) is 79.3 Å². The molecule has 1 N–H and O–H groups in total. The van der Waals surface area contributed by atoms with E-state index in [1.807, 2.05) is 30.3 Å². The number of carbonyl (C=O) groups is 2. The van der Waals surface area contributed by atoms with E-state index in [-0.39, 0.29) is 11.3 Å². The average molecular weight is 457 g/mol. The molecule has 4 rings (SSSR count). The van der Waals surface area contributed by atoms with Crippen molar-refractivity contribution < 1.29 is 24.2 Å². The Balaban J connectivity index is 1.72. The zero-order valence-corrected chi connectivity index (χ0v) is 18.5. The maximum atomic E-state index is 13.1. The summed E-state index contributed by atoms with van der Waals surface area (Å²) >= 11 is 6.23. The lowest BCUT2D eigenvalue weighted by Crippen LogP contribution is -2.42. The first kappa shape index (κ1) is 22.3. The van der Waals surface area contributed by atoms with Gasteiger partial charge in [-0.3, -0.25) is 14.5 Å². The smallest absolute Gasteiger partial charge is 0.295 e. The maximum absolute atomic E-state index is 13.1. The molecule has 8 heteroatoms. The number of nitrogens with zero attached hydrogens (tertiary/aromatic N) is 2. The first-order valence-corrected chi connectivity index (χ1v) is 10.9. The number of morpholine rings is 1. The van der Waals surface area contributed by atoms with E-state index in [1.54, 1.807) is 17.0 Å². The van der Waals surface area contributed by atoms with Gasteiger partial charge in [0.25, 0.3) is 11.7 Å². The van der Waals surface area contributed by atoms with Crippen molar-refractivity contribution in [2.45, 2.75) is 6.04 Å².